The second kappa shape index (κ2) is 10.6. The van der Waals surface area contributed by atoms with Gasteiger partial charge in [-0.25, -0.2) is 9.18 Å². The lowest BCUT2D eigenvalue weighted by molar-refractivity contribution is -0.138. The number of nitrogens with one attached hydrogen (secondary N) is 1. The highest BCUT2D eigenvalue weighted by Gasteiger charge is 2.43. The number of methoxy groups -OCH3 is 1. The number of halogens is 2. The molecule has 1 aliphatic carbocycles. The number of hydrogen-bond acceptors (Lipinski definition) is 6. The number of dihydropyridines is 1. The molecule has 0 saturated carbocycles. The van der Waals surface area contributed by atoms with Crippen LogP contribution in [0.5, 0.6) is 11.5 Å². The highest BCUT2D eigenvalue weighted by molar-refractivity contribution is 14.1. The van der Waals surface area contributed by atoms with Crippen LogP contribution in [0, 0.1) is 9.39 Å². The molecule has 1 atom stereocenters. The minimum absolute atomic E-state index is 0.136. The molecule has 0 radical (unpaired) electrons. The van der Waals surface area contributed by atoms with Crippen LogP contribution in [0.15, 0.2) is 77.5 Å². The number of benzene rings is 3. The summed E-state index contributed by atoms with van der Waals surface area (Å²) in [5.41, 5.74) is 4.95. The molecule has 0 saturated heterocycles. The van der Waals surface area contributed by atoms with Gasteiger partial charge in [0.2, 0.25) is 0 Å². The molecule has 2 aliphatic rings. The second-order valence-corrected chi connectivity index (χ2v) is 10.1. The number of carbonyl (C=O) groups excluding carboxylic acids is 2. The van der Waals surface area contributed by atoms with E-state index >= 15 is 0 Å². The lowest BCUT2D eigenvalue weighted by Crippen LogP contribution is -2.29. The van der Waals surface area contributed by atoms with Crippen molar-refractivity contribution < 1.29 is 28.2 Å². The lowest BCUT2D eigenvalue weighted by atomic mass is 9.79. The molecule has 0 amide bonds. The Bertz CT molecular complexity index is 1530. The van der Waals surface area contributed by atoms with Gasteiger partial charge in [-0.05, 0) is 71.8 Å². The zero-order chi connectivity index (χ0) is 27.0. The molecule has 1 N–H and O–H groups in total. The van der Waals surface area contributed by atoms with E-state index in [9.17, 15) is 14.0 Å². The molecule has 3 aromatic rings. The third kappa shape index (κ3) is 4.57. The Morgan fingerprint density at radius 3 is 2.55 bits per heavy atom. The third-order valence-corrected chi connectivity index (χ3v) is 7.40. The van der Waals surface area contributed by atoms with Crippen LogP contribution in [0.1, 0.15) is 46.8 Å². The van der Waals surface area contributed by atoms with Crippen molar-refractivity contribution in [3.05, 3.63) is 109 Å². The first-order valence-electron chi connectivity index (χ1n) is 12.1. The van der Waals surface area contributed by atoms with Gasteiger partial charge in [-0.2, -0.15) is 0 Å². The van der Waals surface area contributed by atoms with E-state index in [0.29, 0.717) is 50.7 Å². The van der Waals surface area contributed by atoms with Crippen LogP contribution < -0.4 is 14.8 Å². The van der Waals surface area contributed by atoms with E-state index in [4.69, 9.17) is 14.2 Å². The Balaban J connectivity index is 1.60. The molecule has 5 rings (SSSR count). The Morgan fingerprint density at radius 1 is 1.08 bits per heavy atom. The van der Waals surface area contributed by atoms with E-state index in [2.05, 4.69) is 27.9 Å². The van der Waals surface area contributed by atoms with Gasteiger partial charge in [0, 0.05) is 28.3 Å². The molecule has 0 unspecified atom stereocenters. The van der Waals surface area contributed by atoms with Crippen LogP contribution >= 0.6 is 22.6 Å². The number of ether oxygens (including phenoxy) is 3. The zero-order valence-electron chi connectivity index (χ0n) is 21.1. The standard InChI is InChI=1S/C30H25FINO5/c1-4-37-30(35)24-16(2)33-27-20-10-5-6-11-21(20)28(34)26(27)25(24)18-13-22(32)29(23(14-18)36-3)38-15-17-8-7-9-19(31)12-17/h5-14,25,33H,4,15H2,1-3H3/t25-/m0/s1. The number of allylic oxidation sites excluding steroid dienone is 2. The van der Waals surface area contributed by atoms with E-state index in [0.717, 1.165) is 9.13 Å². The van der Waals surface area contributed by atoms with Crippen molar-refractivity contribution in [2.45, 2.75) is 26.4 Å². The topological polar surface area (TPSA) is 73.9 Å². The van der Waals surface area contributed by atoms with Gasteiger partial charge in [-0.15, -0.1) is 0 Å². The van der Waals surface area contributed by atoms with Crippen LogP contribution in [0.4, 0.5) is 4.39 Å². The predicted molar refractivity (Wildman–Crippen MR) is 149 cm³/mol. The minimum atomic E-state index is -0.676. The maximum atomic E-state index is 13.7. The summed E-state index contributed by atoms with van der Waals surface area (Å²) in [5, 5.41) is 3.30. The number of ketones is 1. The molecule has 0 fully saturated rings. The molecule has 1 heterocycles. The van der Waals surface area contributed by atoms with Crippen LogP contribution in [-0.2, 0) is 16.1 Å². The minimum Gasteiger partial charge on any atom is -0.493 e. The van der Waals surface area contributed by atoms with E-state index in [1.54, 1.807) is 31.2 Å². The molecule has 1 aliphatic heterocycles. The van der Waals surface area contributed by atoms with E-state index in [1.165, 1.54) is 19.2 Å². The number of esters is 1. The van der Waals surface area contributed by atoms with E-state index in [-0.39, 0.29) is 24.8 Å². The SMILES string of the molecule is CCOC(=O)C1=C(C)NC2=C(C(=O)c3ccccc32)[C@H]1c1cc(I)c(OCc2cccc(F)c2)c(OC)c1. The van der Waals surface area contributed by atoms with Crippen molar-refractivity contribution in [1.29, 1.82) is 0 Å². The maximum absolute atomic E-state index is 13.7. The molecule has 38 heavy (non-hydrogen) atoms. The monoisotopic (exact) mass is 625 g/mol. The van der Waals surface area contributed by atoms with Crippen molar-refractivity contribution in [3.63, 3.8) is 0 Å². The van der Waals surface area contributed by atoms with Gasteiger partial charge >= 0.3 is 5.97 Å². The van der Waals surface area contributed by atoms with Crippen molar-refractivity contribution >= 4 is 40.0 Å². The second-order valence-electron chi connectivity index (χ2n) is 8.93. The van der Waals surface area contributed by atoms with Crippen molar-refractivity contribution in [3.8, 4) is 11.5 Å². The highest BCUT2D eigenvalue weighted by Crippen LogP contribution is 2.48. The molecule has 194 valence electrons. The summed E-state index contributed by atoms with van der Waals surface area (Å²) >= 11 is 2.14. The average molecular weight is 625 g/mol. The van der Waals surface area contributed by atoms with Gasteiger partial charge in [0.25, 0.3) is 0 Å². The molecule has 0 bridgehead atoms. The summed E-state index contributed by atoms with van der Waals surface area (Å²) in [6.45, 7) is 3.91. The summed E-state index contributed by atoms with van der Waals surface area (Å²) in [7, 11) is 1.53. The first-order valence-corrected chi connectivity index (χ1v) is 13.2. The third-order valence-electron chi connectivity index (χ3n) is 6.60. The quantitative estimate of drug-likeness (QED) is 0.251. The maximum Gasteiger partial charge on any atom is 0.336 e. The zero-order valence-corrected chi connectivity index (χ0v) is 23.2. The lowest BCUT2D eigenvalue weighted by Gasteiger charge is -2.30. The Labute approximate surface area is 233 Å². The number of hydrogen-bond donors (Lipinski definition) is 1. The first-order chi connectivity index (χ1) is 18.3. The summed E-state index contributed by atoms with van der Waals surface area (Å²) in [6, 6.07) is 17.3. The fourth-order valence-electron chi connectivity index (χ4n) is 4.97. The molecule has 6 nitrogen and oxygen atoms in total. The van der Waals surface area contributed by atoms with Crippen LogP contribution in [0.3, 0.4) is 0 Å². The van der Waals surface area contributed by atoms with Crippen LogP contribution in [-0.4, -0.2) is 25.5 Å². The summed E-state index contributed by atoms with van der Waals surface area (Å²) < 4.78 is 31.5. The Kier molecular flexibility index (Phi) is 7.25. The molecular formula is C30H25FINO5. The largest absolute Gasteiger partial charge is 0.493 e. The van der Waals surface area contributed by atoms with Gasteiger partial charge in [0.05, 0.1) is 28.6 Å². The fourth-order valence-corrected chi connectivity index (χ4v) is 5.75. The number of fused-ring (bicyclic) bond motifs is 2. The van der Waals surface area contributed by atoms with Gasteiger partial charge in [-0.3, -0.25) is 4.79 Å². The van der Waals surface area contributed by atoms with Gasteiger partial charge in [0.1, 0.15) is 12.4 Å². The molecule has 0 spiro atoms. The number of carbonyl (C=O) groups is 2. The van der Waals surface area contributed by atoms with Crippen LogP contribution in [0.25, 0.3) is 5.70 Å². The van der Waals surface area contributed by atoms with Crippen molar-refractivity contribution in [2.75, 3.05) is 13.7 Å². The Morgan fingerprint density at radius 2 is 1.84 bits per heavy atom. The van der Waals surface area contributed by atoms with Gasteiger partial charge in [0.15, 0.2) is 17.3 Å². The molecular weight excluding hydrogens is 600 g/mol. The molecule has 0 aromatic heterocycles. The van der Waals surface area contributed by atoms with Gasteiger partial charge in [-0.1, -0.05) is 36.4 Å². The van der Waals surface area contributed by atoms with Crippen molar-refractivity contribution in [1.82, 2.24) is 5.32 Å². The highest BCUT2D eigenvalue weighted by atomic mass is 127. The smallest absolute Gasteiger partial charge is 0.336 e. The summed E-state index contributed by atoms with van der Waals surface area (Å²) in [4.78, 5) is 26.9. The molecule has 3 aromatic carbocycles. The fraction of sp³-hybridized carbons (Fsp3) is 0.200. The predicted octanol–water partition coefficient (Wildman–Crippen LogP) is 6.15. The van der Waals surface area contributed by atoms with E-state index < -0.39 is 11.9 Å². The van der Waals surface area contributed by atoms with Crippen LogP contribution in [0.2, 0.25) is 0 Å². The number of rotatable bonds is 7. The van der Waals surface area contributed by atoms with Crippen molar-refractivity contribution in [2.24, 2.45) is 0 Å². The Hall–Kier alpha value is -3.66. The summed E-state index contributed by atoms with van der Waals surface area (Å²) in [5.74, 6) is -0.712. The molecule has 8 heteroatoms. The number of Topliss-reactive ketones (excluding diaryl/α,β-unsaturated/α-hetero) is 1. The van der Waals surface area contributed by atoms with Gasteiger partial charge < -0.3 is 19.5 Å². The normalized spacial score (nSPS) is 16.1. The summed E-state index contributed by atoms with van der Waals surface area (Å²) in [6.07, 6.45) is 0. The first kappa shape index (κ1) is 26.0. The average Bonchev–Trinajstić information content (AvgIpc) is 3.18. The van der Waals surface area contributed by atoms with E-state index in [1.807, 2.05) is 31.2 Å².